The van der Waals surface area contributed by atoms with Gasteiger partial charge in [0.15, 0.2) is 0 Å². The maximum absolute atomic E-state index is 13.3. The zero-order chi connectivity index (χ0) is 13.7. The van der Waals surface area contributed by atoms with Crippen LogP contribution in [0.5, 0.6) is 0 Å². The fraction of sp³-hybridized carbons (Fsp3) is 0.200. The number of benzene rings is 1. The smallest absolute Gasteiger partial charge is 0.246 e. The van der Waals surface area contributed by atoms with Gasteiger partial charge in [0.05, 0.1) is 24.1 Å². The third-order valence-electron chi connectivity index (χ3n) is 3.83. The Balaban J connectivity index is 1.87. The number of aromatic nitrogens is 1. The van der Waals surface area contributed by atoms with Gasteiger partial charge in [-0.25, -0.2) is 4.39 Å². The van der Waals surface area contributed by atoms with Crippen molar-refractivity contribution >= 4 is 17.3 Å². The van der Waals surface area contributed by atoms with Crippen molar-refractivity contribution in [3.63, 3.8) is 0 Å². The van der Waals surface area contributed by atoms with Crippen LogP contribution in [0.25, 0.3) is 11.1 Å². The zero-order valence-electron chi connectivity index (χ0n) is 10.7. The number of rotatable bonds is 1. The molecule has 1 aromatic carbocycles. The van der Waals surface area contributed by atoms with Crippen molar-refractivity contribution in [2.24, 2.45) is 0 Å². The van der Waals surface area contributed by atoms with Crippen LogP contribution in [-0.4, -0.2) is 24.0 Å². The molecular formula is C15H12FN3O. The molecule has 0 spiro atoms. The van der Waals surface area contributed by atoms with Gasteiger partial charge in [-0.3, -0.25) is 9.78 Å². The van der Waals surface area contributed by atoms with E-state index in [9.17, 15) is 9.18 Å². The predicted molar refractivity (Wildman–Crippen MR) is 74.2 cm³/mol. The molecule has 20 heavy (non-hydrogen) atoms. The lowest BCUT2D eigenvalue weighted by Gasteiger charge is -2.27. The second-order valence-electron chi connectivity index (χ2n) is 5.07. The summed E-state index contributed by atoms with van der Waals surface area (Å²) < 4.78 is 13.3. The summed E-state index contributed by atoms with van der Waals surface area (Å²) in [4.78, 5) is 17.5. The Kier molecular flexibility index (Phi) is 2.30. The molecule has 1 amide bonds. The largest absolute Gasteiger partial charge is 0.374 e. The molecule has 3 heterocycles. The number of hydrogen-bond donors (Lipinski definition) is 1. The first-order valence-electron chi connectivity index (χ1n) is 6.54. The van der Waals surface area contributed by atoms with E-state index < -0.39 is 0 Å². The molecule has 4 rings (SSSR count). The average Bonchev–Trinajstić information content (AvgIpc) is 2.88. The second-order valence-corrected chi connectivity index (χ2v) is 5.07. The molecule has 1 aromatic heterocycles. The lowest BCUT2D eigenvalue weighted by atomic mass is 10.0. The Morgan fingerprint density at radius 2 is 2.10 bits per heavy atom. The fourth-order valence-corrected chi connectivity index (χ4v) is 2.93. The second kappa shape index (κ2) is 4.03. The van der Waals surface area contributed by atoms with E-state index >= 15 is 0 Å². The number of carbonyl (C=O) groups excluding carboxylic acids is 1. The van der Waals surface area contributed by atoms with Gasteiger partial charge < -0.3 is 10.2 Å². The van der Waals surface area contributed by atoms with E-state index in [2.05, 4.69) is 10.3 Å². The van der Waals surface area contributed by atoms with Crippen molar-refractivity contribution < 1.29 is 9.18 Å². The van der Waals surface area contributed by atoms with Crippen LogP contribution in [0.4, 0.5) is 15.8 Å². The number of anilines is 2. The molecule has 2 aliphatic rings. The molecule has 4 nitrogen and oxygen atoms in total. The molecule has 2 aromatic rings. The Bertz CT molecular complexity index is 729. The van der Waals surface area contributed by atoms with Crippen LogP contribution in [0.1, 0.15) is 5.56 Å². The lowest BCUT2D eigenvalue weighted by Crippen LogP contribution is -2.38. The Hall–Kier alpha value is -2.43. The van der Waals surface area contributed by atoms with Gasteiger partial charge in [0.1, 0.15) is 5.82 Å². The van der Waals surface area contributed by atoms with E-state index in [1.165, 1.54) is 12.3 Å². The van der Waals surface area contributed by atoms with Crippen LogP contribution in [0.15, 0.2) is 30.6 Å². The fourth-order valence-electron chi connectivity index (χ4n) is 2.93. The monoisotopic (exact) mass is 269 g/mol. The average molecular weight is 269 g/mol. The summed E-state index contributed by atoms with van der Waals surface area (Å²) in [6.45, 7) is 1.05. The number of hydrogen-bond acceptors (Lipinski definition) is 3. The highest BCUT2D eigenvalue weighted by atomic mass is 19.1. The maximum atomic E-state index is 13.3. The van der Waals surface area contributed by atoms with E-state index in [4.69, 9.17) is 0 Å². The summed E-state index contributed by atoms with van der Waals surface area (Å²) in [5, 5.41) is 3.14. The Labute approximate surface area is 115 Å². The first kappa shape index (κ1) is 11.4. The number of carbonyl (C=O) groups is 1. The minimum absolute atomic E-state index is 0.108. The summed E-state index contributed by atoms with van der Waals surface area (Å²) >= 11 is 0. The molecule has 0 fully saturated rings. The summed E-state index contributed by atoms with van der Waals surface area (Å²) in [7, 11) is 0. The van der Waals surface area contributed by atoms with Crippen LogP contribution < -0.4 is 10.2 Å². The van der Waals surface area contributed by atoms with Gasteiger partial charge in [-0.1, -0.05) is 0 Å². The normalized spacial score (nSPS) is 16.1. The molecule has 0 aliphatic carbocycles. The highest BCUT2D eigenvalue weighted by Crippen LogP contribution is 2.41. The van der Waals surface area contributed by atoms with E-state index in [-0.39, 0.29) is 11.7 Å². The molecular weight excluding hydrogens is 257 g/mol. The SMILES string of the molecule is O=C1CNc2cc(-c3cncc(F)c3)cc3c2N1CC3. The van der Waals surface area contributed by atoms with Crippen molar-refractivity contribution in [2.45, 2.75) is 6.42 Å². The van der Waals surface area contributed by atoms with E-state index in [1.807, 2.05) is 17.0 Å². The van der Waals surface area contributed by atoms with Crippen molar-refractivity contribution in [3.05, 3.63) is 42.0 Å². The number of amides is 1. The molecule has 0 saturated heterocycles. The first-order valence-corrected chi connectivity index (χ1v) is 6.54. The molecule has 0 unspecified atom stereocenters. The maximum Gasteiger partial charge on any atom is 0.246 e. The highest BCUT2D eigenvalue weighted by molar-refractivity contribution is 6.05. The molecule has 0 radical (unpaired) electrons. The molecule has 0 saturated carbocycles. The van der Waals surface area contributed by atoms with Gasteiger partial charge in [-0.15, -0.1) is 0 Å². The number of pyridine rings is 1. The van der Waals surface area contributed by atoms with Gasteiger partial charge in [-0.05, 0) is 35.7 Å². The van der Waals surface area contributed by atoms with Gasteiger partial charge in [0.2, 0.25) is 5.91 Å². The van der Waals surface area contributed by atoms with E-state index in [0.29, 0.717) is 6.54 Å². The highest BCUT2D eigenvalue weighted by Gasteiger charge is 2.31. The van der Waals surface area contributed by atoms with Crippen LogP contribution in [0.3, 0.4) is 0 Å². The quantitative estimate of drug-likeness (QED) is 0.863. The molecule has 0 atom stereocenters. The van der Waals surface area contributed by atoms with Gasteiger partial charge >= 0.3 is 0 Å². The number of halogens is 1. The summed E-state index contributed by atoms with van der Waals surface area (Å²) in [6, 6.07) is 5.46. The molecule has 5 heteroatoms. The van der Waals surface area contributed by atoms with E-state index in [0.717, 1.165) is 41.0 Å². The number of nitrogens with one attached hydrogen (secondary N) is 1. The topological polar surface area (TPSA) is 45.2 Å². The van der Waals surface area contributed by atoms with Crippen molar-refractivity contribution in [1.82, 2.24) is 4.98 Å². The molecule has 100 valence electrons. The van der Waals surface area contributed by atoms with Crippen LogP contribution in [0.2, 0.25) is 0 Å². The van der Waals surface area contributed by atoms with Crippen LogP contribution >= 0.6 is 0 Å². The van der Waals surface area contributed by atoms with E-state index in [1.54, 1.807) is 6.20 Å². The third-order valence-corrected chi connectivity index (χ3v) is 3.83. The van der Waals surface area contributed by atoms with Crippen molar-refractivity contribution in [3.8, 4) is 11.1 Å². The summed E-state index contributed by atoms with van der Waals surface area (Å²) in [5.74, 6) is -0.238. The summed E-state index contributed by atoms with van der Waals surface area (Å²) in [5.41, 5.74) is 4.73. The van der Waals surface area contributed by atoms with Gasteiger partial charge in [0, 0.05) is 18.3 Å². The van der Waals surface area contributed by atoms with Gasteiger partial charge in [-0.2, -0.15) is 0 Å². The predicted octanol–water partition coefficient (Wildman–Crippen LogP) is 2.20. The minimum Gasteiger partial charge on any atom is -0.374 e. The first-order chi connectivity index (χ1) is 9.72. The Morgan fingerprint density at radius 1 is 1.20 bits per heavy atom. The van der Waals surface area contributed by atoms with Crippen LogP contribution in [0, 0.1) is 5.82 Å². The molecule has 0 bridgehead atoms. The minimum atomic E-state index is -0.346. The van der Waals surface area contributed by atoms with Crippen LogP contribution in [-0.2, 0) is 11.2 Å². The Morgan fingerprint density at radius 3 is 2.95 bits per heavy atom. The third kappa shape index (κ3) is 1.59. The number of nitrogens with zero attached hydrogens (tertiary/aromatic N) is 2. The van der Waals surface area contributed by atoms with Gasteiger partial charge in [0.25, 0.3) is 0 Å². The van der Waals surface area contributed by atoms with Crippen molar-refractivity contribution in [2.75, 3.05) is 23.3 Å². The molecule has 1 N–H and O–H groups in total. The lowest BCUT2D eigenvalue weighted by molar-refractivity contribution is -0.117. The zero-order valence-corrected chi connectivity index (χ0v) is 10.7. The van der Waals surface area contributed by atoms with Crippen molar-refractivity contribution in [1.29, 1.82) is 0 Å². The molecule has 2 aliphatic heterocycles. The summed E-state index contributed by atoms with van der Waals surface area (Å²) in [6.07, 6.45) is 3.68. The standard InChI is InChI=1S/C15H12FN3O/c16-12-4-11(6-17-7-12)10-3-9-1-2-19-14(20)8-18-13(5-10)15(9)19/h3-7,18H,1-2,8H2.